The third-order valence-electron chi connectivity index (χ3n) is 2.28. The van der Waals surface area contributed by atoms with Gasteiger partial charge in [0.05, 0.1) is 6.61 Å². The van der Waals surface area contributed by atoms with Crippen LogP contribution in [0.15, 0.2) is 12.1 Å². The number of carbonyl (C=O) groups is 2. The van der Waals surface area contributed by atoms with Crippen LogP contribution in [0.25, 0.3) is 0 Å². The predicted molar refractivity (Wildman–Crippen MR) is 69.9 cm³/mol. The Morgan fingerprint density at radius 2 is 2.05 bits per heavy atom. The standard InChI is InChI=1S/C12H18N4O3/c1-4-13-12(18)9-6-7-10(15-14-9)16(3)8-11(17)19-5-2/h6-7H,4-5,8H2,1-3H3,(H,13,18). The van der Waals surface area contributed by atoms with E-state index in [1.54, 1.807) is 31.0 Å². The molecule has 0 aliphatic heterocycles. The molecule has 1 rings (SSSR count). The Bertz CT molecular complexity index is 433. The van der Waals surface area contributed by atoms with Crippen LogP contribution in [0.3, 0.4) is 0 Å². The summed E-state index contributed by atoms with van der Waals surface area (Å²) >= 11 is 0. The van der Waals surface area contributed by atoms with Crippen molar-refractivity contribution in [3.05, 3.63) is 17.8 Å². The molecule has 104 valence electrons. The van der Waals surface area contributed by atoms with E-state index in [1.165, 1.54) is 0 Å². The van der Waals surface area contributed by atoms with Crippen molar-refractivity contribution in [2.24, 2.45) is 0 Å². The smallest absolute Gasteiger partial charge is 0.325 e. The lowest BCUT2D eigenvalue weighted by atomic mass is 10.3. The Balaban J connectivity index is 2.65. The Labute approximate surface area is 112 Å². The van der Waals surface area contributed by atoms with Gasteiger partial charge in [0.25, 0.3) is 5.91 Å². The molecule has 7 nitrogen and oxygen atoms in total. The molecule has 0 bridgehead atoms. The van der Waals surface area contributed by atoms with Crippen molar-refractivity contribution in [3.63, 3.8) is 0 Å². The molecule has 0 fully saturated rings. The first-order valence-electron chi connectivity index (χ1n) is 6.07. The number of nitrogens with zero attached hydrogens (tertiary/aromatic N) is 3. The molecule has 0 aliphatic rings. The van der Waals surface area contributed by atoms with Gasteiger partial charge in [-0.1, -0.05) is 0 Å². The number of rotatable bonds is 6. The number of hydrogen-bond acceptors (Lipinski definition) is 6. The van der Waals surface area contributed by atoms with Gasteiger partial charge in [0, 0.05) is 13.6 Å². The normalized spacial score (nSPS) is 9.84. The van der Waals surface area contributed by atoms with Crippen LogP contribution < -0.4 is 10.2 Å². The van der Waals surface area contributed by atoms with Crippen LogP contribution >= 0.6 is 0 Å². The summed E-state index contributed by atoms with van der Waals surface area (Å²) < 4.78 is 4.84. The minimum atomic E-state index is -0.334. The highest BCUT2D eigenvalue weighted by Gasteiger charge is 2.11. The minimum absolute atomic E-state index is 0.0863. The van der Waals surface area contributed by atoms with Gasteiger partial charge in [-0.2, -0.15) is 0 Å². The third-order valence-corrected chi connectivity index (χ3v) is 2.28. The highest BCUT2D eigenvalue weighted by atomic mass is 16.5. The zero-order valence-corrected chi connectivity index (χ0v) is 11.3. The first-order valence-corrected chi connectivity index (χ1v) is 6.07. The summed E-state index contributed by atoms with van der Waals surface area (Å²) in [5.41, 5.74) is 0.245. The first kappa shape index (κ1) is 14.9. The van der Waals surface area contributed by atoms with Gasteiger partial charge < -0.3 is 15.0 Å². The maximum absolute atomic E-state index is 11.5. The van der Waals surface area contributed by atoms with Crippen LogP contribution in [0, 0.1) is 0 Å². The molecular weight excluding hydrogens is 248 g/mol. The van der Waals surface area contributed by atoms with Crippen molar-refractivity contribution in [3.8, 4) is 0 Å². The summed E-state index contributed by atoms with van der Waals surface area (Å²) in [7, 11) is 1.70. The van der Waals surface area contributed by atoms with Gasteiger partial charge in [-0.25, -0.2) is 0 Å². The molecule has 19 heavy (non-hydrogen) atoms. The molecule has 1 N–H and O–H groups in total. The molecule has 0 aliphatic carbocycles. The number of hydrogen-bond donors (Lipinski definition) is 1. The van der Waals surface area contributed by atoms with Gasteiger partial charge in [0.15, 0.2) is 11.5 Å². The van der Waals surface area contributed by atoms with E-state index in [-0.39, 0.29) is 24.1 Å². The molecule has 0 spiro atoms. The van der Waals surface area contributed by atoms with Gasteiger partial charge in [-0.05, 0) is 26.0 Å². The van der Waals surface area contributed by atoms with E-state index in [0.29, 0.717) is 19.0 Å². The van der Waals surface area contributed by atoms with Gasteiger partial charge in [0.1, 0.15) is 6.54 Å². The third kappa shape index (κ3) is 4.53. The monoisotopic (exact) mass is 266 g/mol. The lowest BCUT2D eigenvalue weighted by Crippen LogP contribution is -2.29. The summed E-state index contributed by atoms with van der Waals surface area (Å²) in [5, 5.41) is 10.3. The molecule has 1 aromatic rings. The molecule has 7 heteroatoms. The molecule has 0 atom stereocenters. The number of esters is 1. The molecule has 0 aromatic carbocycles. The average molecular weight is 266 g/mol. The van der Waals surface area contributed by atoms with E-state index in [2.05, 4.69) is 15.5 Å². The average Bonchev–Trinajstić information content (AvgIpc) is 2.39. The molecule has 1 amide bonds. The summed E-state index contributed by atoms with van der Waals surface area (Å²) in [5.74, 6) is -0.102. The van der Waals surface area contributed by atoms with Crippen LogP contribution in [0.4, 0.5) is 5.82 Å². The Morgan fingerprint density at radius 1 is 1.32 bits per heavy atom. The number of nitrogens with one attached hydrogen (secondary N) is 1. The van der Waals surface area contributed by atoms with E-state index in [4.69, 9.17) is 4.74 Å². The van der Waals surface area contributed by atoms with Crippen molar-refractivity contribution in [2.45, 2.75) is 13.8 Å². The number of likely N-dealkylation sites (N-methyl/N-ethyl adjacent to an activating group) is 1. The topological polar surface area (TPSA) is 84.4 Å². The Hall–Kier alpha value is -2.18. The minimum Gasteiger partial charge on any atom is -0.465 e. The fourth-order valence-electron chi connectivity index (χ4n) is 1.38. The molecular formula is C12H18N4O3. The fourth-order valence-corrected chi connectivity index (χ4v) is 1.38. The van der Waals surface area contributed by atoms with Crippen molar-refractivity contribution in [1.29, 1.82) is 0 Å². The van der Waals surface area contributed by atoms with E-state index in [0.717, 1.165) is 0 Å². The quantitative estimate of drug-likeness (QED) is 0.742. The molecule has 0 saturated carbocycles. The Kier molecular flexibility index (Phi) is 5.72. The first-order chi connectivity index (χ1) is 9.08. The molecule has 0 radical (unpaired) electrons. The molecule has 0 unspecified atom stereocenters. The highest BCUT2D eigenvalue weighted by molar-refractivity contribution is 5.92. The SMILES string of the molecule is CCNC(=O)c1ccc(N(C)CC(=O)OCC)nn1. The van der Waals surface area contributed by atoms with Crippen molar-refractivity contribution < 1.29 is 14.3 Å². The lowest BCUT2D eigenvalue weighted by molar-refractivity contribution is -0.141. The predicted octanol–water partition coefficient (Wildman–Crippen LogP) is 0.226. The summed E-state index contributed by atoms with van der Waals surface area (Å²) in [6, 6.07) is 3.20. The van der Waals surface area contributed by atoms with E-state index < -0.39 is 0 Å². The highest BCUT2D eigenvalue weighted by Crippen LogP contribution is 2.07. The van der Waals surface area contributed by atoms with Crippen molar-refractivity contribution in [1.82, 2.24) is 15.5 Å². The molecule has 1 aromatic heterocycles. The van der Waals surface area contributed by atoms with Crippen LogP contribution in [-0.4, -0.2) is 48.8 Å². The van der Waals surface area contributed by atoms with Crippen LogP contribution in [0.1, 0.15) is 24.3 Å². The fraction of sp³-hybridized carbons (Fsp3) is 0.500. The maximum Gasteiger partial charge on any atom is 0.325 e. The molecule has 0 saturated heterocycles. The van der Waals surface area contributed by atoms with Crippen LogP contribution in [0.5, 0.6) is 0 Å². The zero-order chi connectivity index (χ0) is 14.3. The largest absolute Gasteiger partial charge is 0.465 e. The number of aromatic nitrogens is 2. The van der Waals surface area contributed by atoms with Crippen LogP contribution in [-0.2, 0) is 9.53 Å². The van der Waals surface area contributed by atoms with Crippen molar-refractivity contribution >= 4 is 17.7 Å². The second-order valence-electron chi connectivity index (χ2n) is 3.80. The summed E-state index contributed by atoms with van der Waals surface area (Å²) in [4.78, 5) is 24.4. The number of carbonyl (C=O) groups excluding carboxylic acids is 2. The van der Waals surface area contributed by atoms with Crippen molar-refractivity contribution in [2.75, 3.05) is 31.6 Å². The lowest BCUT2D eigenvalue weighted by Gasteiger charge is -2.16. The summed E-state index contributed by atoms with van der Waals surface area (Å²) in [6.45, 7) is 4.54. The van der Waals surface area contributed by atoms with E-state index in [1.807, 2.05) is 6.92 Å². The van der Waals surface area contributed by atoms with E-state index >= 15 is 0 Å². The van der Waals surface area contributed by atoms with Gasteiger partial charge in [-0.15, -0.1) is 10.2 Å². The number of anilines is 1. The number of ether oxygens (including phenoxy) is 1. The van der Waals surface area contributed by atoms with E-state index in [9.17, 15) is 9.59 Å². The Morgan fingerprint density at radius 3 is 2.58 bits per heavy atom. The number of amides is 1. The maximum atomic E-state index is 11.5. The van der Waals surface area contributed by atoms with Gasteiger partial charge in [-0.3, -0.25) is 9.59 Å². The van der Waals surface area contributed by atoms with Crippen LogP contribution in [0.2, 0.25) is 0 Å². The zero-order valence-electron chi connectivity index (χ0n) is 11.3. The second kappa shape index (κ2) is 7.30. The van der Waals surface area contributed by atoms with Gasteiger partial charge >= 0.3 is 5.97 Å². The molecule has 1 heterocycles. The summed E-state index contributed by atoms with van der Waals surface area (Å²) in [6.07, 6.45) is 0. The second-order valence-corrected chi connectivity index (χ2v) is 3.80. The van der Waals surface area contributed by atoms with Gasteiger partial charge in [0.2, 0.25) is 0 Å².